The molecule has 98 valence electrons. The lowest BCUT2D eigenvalue weighted by Crippen LogP contribution is -1.69. The molecule has 14 heavy (non-hydrogen) atoms. The van der Waals surface area contributed by atoms with Gasteiger partial charge in [0.1, 0.15) is 0 Å². The molecule has 0 fully saturated rings. The first-order chi connectivity index (χ1) is 7.00. The van der Waals surface area contributed by atoms with E-state index in [1.807, 2.05) is 83.1 Å². The number of rotatable bonds is 0. The van der Waals surface area contributed by atoms with Crippen molar-refractivity contribution >= 4 is 0 Å². The van der Waals surface area contributed by atoms with Crippen molar-refractivity contribution in [2.24, 2.45) is 5.73 Å². The predicted octanol–water partition coefficient (Wildman–Crippen LogP) is 5.73. The molecule has 1 heteroatoms. The monoisotopic (exact) mass is 211 g/mol. The molecule has 0 spiro atoms. The second-order valence-corrected chi connectivity index (χ2v) is 0. The minimum absolute atomic E-state index is 1.50. The van der Waals surface area contributed by atoms with Crippen LogP contribution in [0.4, 0.5) is 0 Å². The molecule has 2 N–H and O–H groups in total. The van der Waals surface area contributed by atoms with Crippen LogP contribution in [0.3, 0.4) is 0 Å². The molecule has 0 saturated heterocycles. The van der Waals surface area contributed by atoms with Crippen LogP contribution in [0.25, 0.3) is 0 Å². The average molecular weight is 211 g/mol. The Morgan fingerprint density at radius 2 is 0.286 bits per heavy atom. The van der Waals surface area contributed by atoms with Crippen molar-refractivity contribution in [1.82, 2.24) is 0 Å². The van der Waals surface area contributed by atoms with Crippen LogP contribution in [0, 0.1) is 0 Å². The van der Waals surface area contributed by atoms with E-state index in [-0.39, 0.29) is 0 Å². The van der Waals surface area contributed by atoms with Crippen LogP contribution in [-0.2, 0) is 0 Å². The molecule has 0 heterocycles. The molecule has 0 bridgehead atoms. The van der Waals surface area contributed by atoms with Crippen molar-refractivity contribution in [3.63, 3.8) is 0 Å². The summed E-state index contributed by atoms with van der Waals surface area (Å²) in [6.07, 6.45) is 0. The van der Waals surface area contributed by atoms with Gasteiger partial charge in [0.05, 0.1) is 0 Å². The molecule has 0 aromatic heterocycles. The van der Waals surface area contributed by atoms with Crippen LogP contribution in [0.15, 0.2) is 0 Å². The third-order valence-electron chi connectivity index (χ3n) is 0. The quantitative estimate of drug-likeness (QED) is 0.544. The van der Waals surface area contributed by atoms with Crippen LogP contribution >= 0.6 is 0 Å². The summed E-state index contributed by atoms with van der Waals surface area (Å²) in [5.41, 5.74) is 4.50. The molecule has 0 rings (SSSR count). The highest BCUT2D eigenvalue weighted by Gasteiger charge is 0.942. The number of hydrogen-bond donors (Lipinski definition) is 1. The van der Waals surface area contributed by atoms with Gasteiger partial charge >= 0.3 is 0 Å². The molecule has 0 aliphatic heterocycles. The normalized spacial score (nSPS) is 3.00. The van der Waals surface area contributed by atoms with Gasteiger partial charge in [0.2, 0.25) is 0 Å². The van der Waals surface area contributed by atoms with Crippen molar-refractivity contribution in [3.8, 4) is 0 Å². The molecular weight excluding hydrogens is 170 g/mol. The van der Waals surface area contributed by atoms with Gasteiger partial charge in [-0.15, -0.1) is 0 Å². The third kappa shape index (κ3) is 898000. The SMILES string of the molecule is CC.CC.CC.CC.CC.CC.CN. The summed E-state index contributed by atoms with van der Waals surface area (Å²) >= 11 is 0. The van der Waals surface area contributed by atoms with E-state index < -0.39 is 0 Å². The molecule has 0 saturated carbocycles. The zero-order chi connectivity index (χ0) is 14.0. The van der Waals surface area contributed by atoms with E-state index in [2.05, 4.69) is 5.73 Å². The maximum Gasteiger partial charge on any atom is -0.0195 e. The van der Waals surface area contributed by atoms with Crippen molar-refractivity contribution in [1.29, 1.82) is 0 Å². The highest BCUT2D eigenvalue weighted by atomic mass is 14.4. The van der Waals surface area contributed by atoms with Gasteiger partial charge in [-0.2, -0.15) is 0 Å². The van der Waals surface area contributed by atoms with E-state index in [0.717, 1.165) is 0 Å². The Labute approximate surface area is 96.5 Å². The number of nitrogens with two attached hydrogens (primary N) is 1. The van der Waals surface area contributed by atoms with Crippen molar-refractivity contribution < 1.29 is 0 Å². The molecule has 0 aliphatic carbocycles. The molecule has 0 atom stereocenters. The first-order valence-corrected chi connectivity index (χ1v) is 6.58. The van der Waals surface area contributed by atoms with Gasteiger partial charge in [-0.25, -0.2) is 0 Å². The lowest BCUT2D eigenvalue weighted by Gasteiger charge is -1.19. The molecule has 0 aromatic rings. The summed E-state index contributed by atoms with van der Waals surface area (Å²) in [4.78, 5) is 0. The summed E-state index contributed by atoms with van der Waals surface area (Å²) < 4.78 is 0. The maximum atomic E-state index is 4.50. The van der Waals surface area contributed by atoms with Crippen LogP contribution in [0.5, 0.6) is 0 Å². The minimum Gasteiger partial charge on any atom is -0.333 e. The molecule has 0 aromatic carbocycles. The summed E-state index contributed by atoms with van der Waals surface area (Å²) in [5, 5.41) is 0. The van der Waals surface area contributed by atoms with Gasteiger partial charge in [-0.1, -0.05) is 83.1 Å². The maximum absolute atomic E-state index is 4.50. The second-order valence-electron chi connectivity index (χ2n) is 0. The topological polar surface area (TPSA) is 26.0 Å². The summed E-state index contributed by atoms with van der Waals surface area (Å²) in [5.74, 6) is 0. The Hall–Kier alpha value is -0.0400. The van der Waals surface area contributed by atoms with Crippen molar-refractivity contribution in [2.45, 2.75) is 83.1 Å². The largest absolute Gasteiger partial charge is 0.333 e. The van der Waals surface area contributed by atoms with Crippen LogP contribution in [-0.4, -0.2) is 7.05 Å². The van der Waals surface area contributed by atoms with Crippen LogP contribution in [0.1, 0.15) is 83.1 Å². The second kappa shape index (κ2) is 1160000. The van der Waals surface area contributed by atoms with E-state index in [0.29, 0.717) is 0 Å². The Morgan fingerprint density at radius 1 is 0.286 bits per heavy atom. The fourth-order valence-corrected chi connectivity index (χ4v) is 0. The van der Waals surface area contributed by atoms with Gasteiger partial charge in [-0.05, 0) is 7.05 Å². The van der Waals surface area contributed by atoms with Gasteiger partial charge in [-0.3, -0.25) is 0 Å². The molecule has 1 nitrogen and oxygen atoms in total. The van der Waals surface area contributed by atoms with Gasteiger partial charge in [0, 0.05) is 0 Å². The van der Waals surface area contributed by atoms with E-state index in [9.17, 15) is 0 Å². The molecule has 0 radical (unpaired) electrons. The fourth-order valence-electron chi connectivity index (χ4n) is 0. The molecule has 0 amide bonds. The van der Waals surface area contributed by atoms with E-state index in [1.54, 1.807) is 0 Å². The van der Waals surface area contributed by atoms with Gasteiger partial charge < -0.3 is 5.73 Å². The van der Waals surface area contributed by atoms with Gasteiger partial charge in [0.25, 0.3) is 0 Å². The minimum atomic E-state index is 1.50. The summed E-state index contributed by atoms with van der Waals surface area (Å²) in [6, 6.07) is 0. The Morgan fingerprint density at radius 3 is 0.286 bits per heavy atom. The molecule has 0 aliphatic rings. The Balaban J connectivity index is -0.00000000817. The zero-order valence-electron chi connectivity index (χ0n) is 13.6. The Bertz CT molecular complexity index is 5.20. The lowest BCUT2D eigenvalue weighted by atomic mass is 11.0. The average Bonchev–Trinajstić information content (AvgIpc) is 2.45. The summed E-state index contributed by atoms with van der Waals surface area (Å²) in [6.45, 7) is 24.0. The van der Waals surface area contributed by atoms with Crippen molar-refractivity contribution in [3.05, 3.63) is 0 Å². The van der Waals surface area contributed by atoms with Gasteiger partial charge in [0.15, 0.2) is 0 Å². The first kappa shape index (κ1) is 48.4. The van der Waals surface area contributed by atoms with Crippen LogP contribution in [0.2, 0.25) is 0 Å². The van der Waals surface area contributed by atoms with E-state index >= 15 is 0 Å². The highest BCUT2D eigenvalue weighted by Crippen LogP contribution is 1.15. The third-order valence-corrected chi connectivity index (χ3v) is 0. The smallest absolute Gasteiger partial charge is 0.0195 e. The molecule has 0 unspecified atom stereocenters. The number of hydrogen-bond acceptors (Lipinski definition) is 1. The van der Waals surface area contributed by atoms with E-state index in [1.165, 1.54) is 7.05 Å². The summed E-state index contributed by atoms with van der Waals surface area (Å²) in [7, 11) is 1.50. The zero-order valence-corrected chi connectivity index (χ0v) is 13.6. The van der Waals surface area contributed by atoms with Crippen molar-refractivity contribution in [2.75, 3.05) is 7.05 Å². The Kier molecular flexibility index (Phi) is 4010000. The highest BCUT2D eigenvalue weighted by molar-refractivity contribution is 3.54. The van der Waals surface area contributed by atoms with E-state index in [4.69, 9.17) is 0 Å². The predicted molar refractivity (Wildman–Crippen MR) is 78.2 cm³/mol. The standard InChI is InChI=1S/6C2H6.CH5N/c7*1-2/h6*1-2H3;2H2,1H3. The van der Waals surface area contributed by atoms with Crippen LogP contribution < -0.4 is 5.73 Å². The fraction of sp³-hybridized carbons (Fsp3) is 1.00. The molecular formula is C13H41N. The lowest BCUT2D eigenvalue weighted by molar-refractivity contribution is 1.48. The first-order valence-electron chi connectivity index (χ1n) is 6.58.